The highest BCUT2D eigenvalue weighted by Gasteiger charge is 2.11. The van der Waals surface area contributed by atoms with E-state index in [1.165, 1.54) is 0 Å². The van der Waals surface area contributed by atoms with Crippen LogP contribution < -0.4 is 0 Å². The van der Waals surface area contributed by atoms with Crippen molar-refractivity contribution in [3.63, 3.8) is 0 Å². The van der Waals surface area contributed by atoms with Crippen molar-refractivity contribution >= 4 is 23.4 Å². The minimum absolute atomic E-state index is 0.696. The Morgan fingerprint density at radius 1 is 1.35 bits per heavy atom. The van der Waals surface area contributed by atoms with Gasteiger partial charge in [0, 0.05) is 17.1 Å². The highest BCUT2D eigenvalue weighted by atomic mass is 35.5. The minimum atomic E-state index is 0.696. The molecule has 0 amide bonds. The molecule has 2 rings (SSSR count). The average Bonchev–Trinajstić information content (AvgIpc) is 2.74. The van der Waals surface area contributed by atoms with Crippen molar-refractivity contribution in [3.8, 4) is 11.4 Å². The van der Waals surface area contributed by atoms with Crippen molar-refractivity contribution in [1.82, 2.24) is 14.8 Å². The van der Waals surface area contributed by atoms with Gasteiger partial charge in [0.2, 0.25) is 0 Å². The number of halogens is 1. The Morgan fingerprint density at radius 2 is 2.06 bits per heavy atom. The van der Waals surface area contributed by atoms with Crippen LogP contribution in [-0.4, -0.2) is 21.0 Å². The predicted molar refractivity (Wildman–Crippen MR) is 72.4 cm³/mol. The molecule has 0 aliphatic carbocycles. The fourth-order valence-electron chi connectivity index (χ4n) is 1.55. The van der Waals surface area contributed by atoms with E-state index >= 15 is 0 Å². The van der Waals surface area contributed by atoms with Gasteiger partial charge in [0.15, 0.2) is 11.0 Å². The van der Waals surface area contributed by atoms with Crippen LogP contribution in [0.4, 0.5) is 0 Å². The molecule has 0 unspecified atom stereocenters. The van der Waals surface area contributed by atoms with Crippen LogP contribution in [0, 0.1) is 0 Å². The van der Waals surface area contributed by atoms with Crippen LogP contribution in [0.25, 0.3) is 11.4 Å². The van der Waals surface area contributed by atoms with E-state index in [4.69, 9.17) is 11.6 Å². The van der Waals surface area contributed by atoms with Gasteiger partial charge >= 0.3 is 0 Å². The largest absolute Gasteiger partial charge is 0.298 e. The first kappa shape index (κ1) is 12.2. The maximum absolute atomic E-state index is 5.87. The lowest BCUT2D eigenvalue weighted by Gasteiger charge is -2.06. The van der Waals surface area contributed by atoms with Crippen molar-refractivity contribution in [3.05, 3.63) is 41.9 Å². The molecule has 0 radical (unpaired) electrons. The van der Waals surface area contributed by atoms with E-state index in [0.29, 0.717) is 11.6 Å². The average molecular weight is 266 g/mol. The van der Waals surface area contributed by atoms with E-state index in [1.807, 2.05) is 41.2 Å². The molecule has 5 heteroatoms. The van der Waals surface area contributed by atoms with Crippen LogP contribution in [0.3, 0.4) is 0 Å². The quantitative estimate of drug-likeness (QED) is 0.626. The Balaban J connectivity index is 2.47. The van der Waals surface area contributed by atoms with E-state index in [0.717, 1.165) is 16.5 Å². The van der Waals surface area contributed by atoms with E-state index in [2.05, 4.69) is 16.8 Å². The van der Waals surface area contributed by atoms with Crippen molar-refractivity contribution in [2.45, 2.75) is 11.7 Å². The normalized spacial score (nSPS) is 10.5. The summed E-state index contributed by atoms with van der Waals surface area (Å²) in [6.07, 6.45) is 3.82. The molecule has 17 heavy (non-hydrogen) atoms. The number of rotatable bonds is 4. The lowest BCUT2D eigenvalue weighted by molar-refractivity contribution is 0.732. The molecule has 0 aliphatic heterocycles. The molecule has 0 bridgehead atoms. The molecule has 88 valence electrons. The van der Waals surface area contributed by atoms with Gasteiger partial charge in [0.25, 0.3) is 0 Å². The molecule has 0 saturated carbocycles. The van der Waals surface area contributed by atoms with Crippen LogP contribution in [0.2, 0.25) is 5.02 Å². The van der Waals surface area contributed by atoms with E-state index < -0.39 is 0 Å². The third kappa shape index (κ3) is 2.53. The summed E-state index contributed by atoms with van der Waals surface area (Å²) in [7, 11) is 0. The van der Waals surface area contributed by atoms with Gasteiger partial charge in [-0.15, -0.1) is 16.8 Å². The van der Waals surface area contributed by atoms with Crippen LogP contribution >= 0.6 is 23.4 Å². The zero-order chi connectivity index (χ0) is 12.3. The Bertz CT molecular complexity index is 519. The highest BCUT2D eigenvalue weighted by Crippen LogP contribution is 2.23. The van der Waals surface area contributed by atoms with Gasteiger partial charge in [-0.2, -0.15) is 0 Å². The fraction of sp³-hybridized carbons (Fsp3) is 0.167. The number of aromatic nitrogens is 3. The standard InChI is InChI=1S/C12H12ClN3S/c1-3-8-16-11(14-15-12(16)17-2)9-4-6-10(13)7-5-9/h3-7H,1,8H2,2H3. The molecule has 1 aromatic heterocycles. The molecule has 1 aromatic carbocycles. The minimum Gasteiger partial charge on any atom is -0.298 e. The number of hydrogen-bond acceptors (Lipinski definition) is 3. The smallest absolute Gasteiger partial charge is 0.191 e. The lowest BCUT2D eigenvalue weighted by atomic mass is 10.2. The lowest BCUT2D eigenvalue weighted by Crippen LogP contribution is -1.99. The second kappa shape index (κ2) is 5.38. The summed E-state index contributed by atoms with van der Waals surface area (Å²) in [6.45, 7) is 4.45. The number of benzene rings is 1. The molecular formula is C12H12ClN3S. The first-order valence-corrected chi connectivity index (χ1v) is 6.70. The summed E-state index contributed by atoms with van der Waals surface area (Å²) in [5.41, 5.74) is 1.00. The topological polar surface area (TPSA) is 30.7 Å². The molecule has 0 atom stereocenters. The second-order valence-electron chi connectivity index (χ2n) is 3.42. The van der Waals surface area contributed by atoms with Crippen LogP contribution in [0.1, 0.15) is 0 Å². The van der Waals surface area contributed by atoms with Crippen LogP contribution in [0.15, 0.2) is 42.1 Å². The SMILES string of the molecule is C=CCn1c(SC)nnc1-c1ccc(Cl)cc1. The third-order valence-corrected chi connectivity index (χ3v) is 3.23. The van der Waals surface area contributed by atoms with Gasteiger partial charge in [-0.3, -0.25) is 4.57 Å². The zero-order valence-electron chi connectivity index (χ0n) is 9.43. The van der Waals surface area contributed by atoms with E-state index in [9.17, 15) is 0 Å². The Kier molecular flexibility index (Phi) is 3.86. The number of thioether (sulfide) groups is 1. The van der Waals surface area contributed by atoms with Gasteiger partial charge < -0.3 is 0 Å². The van der Waals surface area contributed by atoms with Crippen molar-refractivity contribution in [2.75, 3.05) is 6.26 Å². The summed E-state index contributed by atoms with van der Waals surface area (Å²) in [5.74, 6) is 0.839. The molecule has 0 N–H and O–H groups in total. The van der Waals surface area contributed by atoms with Crippen molar-refractivity contribution < 1.29 is 0 Å². The zero-order valence-corrected chi connectivity index (χ0v) is 11.0. The third-order valence-electron chi connectivity index (χ3n) is 2.31. The number of nitrogens with zero attached hydrogens (tertiary/aromatic N) is 3. The van der Waals surface area contributed by atoms with Gasteiger partial charge in [-0.05, 0) is 30.5 Å². The summed E-state index contributed by atoms with van der Waals surface area (Å²) in [5, 5.41) is 9.95. The number of allylic oxidation sites excluding steroid dienone is 1. The molecule has 0 spiro atoms. The molecule has 0 fully saturated rings. The van der Waals surface area contributed by atoms with E-state index in [-0.39, 0.29) is 0 Å². The summed E-state index contributed by atoms with van der Waals surface area (Å²) < 4.78 is 2.03. The summed E-state index contributed by atoms with van der Waals surface area (Å²) in [6, 6.07) is 7.58. The van der Waals surface area contributed by atoms with Gasteiger partial charge in [0.1, 0.15) is 0 Å². The maximum Gasteiger partial charge on any atom is 0.191 e. The van der Waals surface area contributed by atoms with Crippen molar-refractivity contribution in [1.29, 1.82) is 0 Å². The fourth-order valence-corrected chi connectivity index (χ4v) is 2.18. The van der Waals surface area contributed by atoms with Gasteiger partial charge in [-0.1, -0.05) is 29.4 Å². The van der Waals surface area contributed by atoms with Gasteiger partial charge in [-0.25, -0.2) is 0 Å². The molecule has 1 heterocycles. The van der Waals surface area contributed by atoms with Crippen LogP contribution in [0.5, 0.6) is 0 Å². The van der Waals surface area contributed by atoms with E-state index in [1.54, 1.807) is 11.8 Å². The Hall–Kier alpha value is -1.26. The second-order valence-corrected chi connectivity index (χ2v) is 4.63. The Morgan fingerprint density at radius 3 is 2.65 bits per heavy atom. The first-order valence-electron chi connectivity index (χ1n) is 5.10. The van der Waals surface area contributed by atoms with Crippen molar-refractivity contribution in [2.24, 2.45) is 0 Å². The summed E-state index contributed by atoms with van der Waals surface area (Å²) >= 11 is 7.44. The molecular weight excluding hydrogens is 254 g/mol. The van der Waals surface area contributed by atoms with Gasteiger partial charge in [0.05, 0.1) is 0 Å². The highest BCUT2D eigenvalue weighted by molar-refractivity contribution is 7.98. The predicted octanol–water partition coefficient (Wildman–Crippen LogP) is 3.51. The maximum atomic E-state index is 5.87. The number of hydrogen-bond donors (Lipinski definition) is 0. The molecule has 3 nitrogen and oxygen atoms in total. The molecule has 0 saturated heterocycles. The molecule has 2 aromatic rings. The molecule has 0 aliphatic rings. The summed E-state index contributed by atoms with van der Waals surface area (Å²) in [4.78, 5) is 0. The first-order chi connectivity index (χ1) is 8.26. The van der Waals surface area contributed by atoms with Crippen LogP contribution in [-0.2, 0) is 6.54 Å². The Labute approximate surface area is 110 Å². The monoisotopic (exact) mass is 265 g/mol.